The number of carbonyl (C=O) groups excluding carboxylic acids is 1. The number of carbonyl (C=O) groups is 1. The predicted molar refractivity (Wildman–Crippen MR) is 74.3 cm³/mol. The van der Waals surface area contributed by atoms with Crippen LogP contribution in [0.2, 0.25) is 0 Å². The molecule has 0 aliphatic carbocycles. The number of aromatic nitrogens is 1. The summed E-state index contributed by atoms with van der Waals surface area (Å²) < 4.78 is 5.35. The summed E-state index contributed by atoms with van der Waals surface area (Å²) in [5.41, 5.74) is 3.11. The van der Waals surface area contributed by atoms with Gasteiger partial charge in [0.2, 0.25) is 5.89 Å². The van der Waals surface area contributed by atoms with Crippen LogP contribution in [0.4, 0.5) is 0 Å². The zero-order valence-corrected chi connectivity index (χ0v) is 11.4. The first-order chi connectivity index (χ1) is 9.74. The van der Waals surface area contributed by atoms with Crippen molar-refractivity contribution in [2.24, 2.45) is 0 Å². The number of benzene rings is 1. The molecule has 0 radical (unpaired) electrons. The zero-order chi connectivity index (χ0) is 13.9. The fourth-order valence-corrected chi connectivity index (χ4v) is 2.48. The van der Waals surface area contributed by atoms with E-state index in [1.54, 1.807) is 6.20 Å². The first-order valence-corrected chi connectivity index (χ1v) is 6.75. The molecule has 1 aromatic carbocycles. The van der Waals surface area contributed by atoms with Crippen molar-refractivity contribution in [2.75, 3.05) is 6.54 Å². The highest BCUT2D eigenvalue weighted by Gasteiger charge is 2.17. The highest BCUT2D eigenvalue weighted by Crippen LogP contribution is 2.18. The van der Waals surface area contributed by atoms with E-state index in [-0.39, 0.29) is 5.91 Å². The highest BCUT2D eigenvalue weighted by atomic mass is 16.4. The van der Waals surface area contributed by atoms with E-state index in [1.807, 2.05) is 19.1 Å². The molecule has 5 heteroatoms. The average molecular weight is 271 g/mol. The van der Waals surface area contributed by atoms with Crippen LogP contribution in [0.15, 0.2) is 28.8 Å². The third-order valence-electron chi connectivity index (χ3n) is 3.45. The molecule has 2 aromatic rings. The number of amides is 1. The molecule has 0 unspecified atom stereocenters. The maximum Gasteiger partial charge on any atom is 0.252 e. The van der Waals surface area contributed by atoms with Crippen LogP contribution in [0.3, 0.4) is 0 Å². The molecule has 2 N–H and O–H groups in total. The van der Waals surface area contributed by atoms with Crippen LogP contribution in [0.25, 0.3) is 0 Å². The van der Waals surface area contributed by atoms with Gasteiger partial charge in [-0.1, -0.05) is 12.1 Å². The van der Waals surface area contributed by atoms with Gasteiger partial charge in [-0.3, -0.25) is 4.79 Å². The normalized spacial score (nSPS) is 13.8. The van der Waals surface area contributed by atoms with E-state index >= 15 is 0 Å². The van der Waals surface area contributed by atoms with Gasteiger partial charge in [-0.15, -0.1) is 0 Å². The first-order valence-electron chi connectivity index (χ1n) is 6.75. The van der Waals surface area contributed by atoms with Gasteiger partial charge in [0.1, 0.15) is 5.76 Å². The Balaban J connectivity index is 1.74. The summed E-state index contributed by atoms with van der Waals surface area (Å²) in [6, 6.07) is 5.87. The molecule has 1 amide bonds. The fourth-order valence-electron chi connectivity index (χ4n) is 2.48. The average Bonchev–Trinajstić information content (AvgIpc) is 2.90. The molecule has 2 heterocycles. The number of fused-ring (bicyclic) bond motifs is 1. The van der Waals surface area contributed by atoms with Gasteiger partial charge in [-0.05, 0) is 37.1 Å². The number of oxazole rings is 1. The molecule has 0 atom stereocenters. The molecule has 0 saturated heterocycles. The van der Waals surface area contributed by atoms with Gasteiger partial charge in [0, 0.05) is 12.1 Å². The van der Waals surface area contributed by atoms with E-state index in [0.29, 0.717) is 12.4 Å². The van der Waals surface area contributed by atoms with E-state index in [0.717, 1.165) is 36.4 Å². The van der Waals surface area contributed by atoms with Crippen molar-refractivity contribution in [3.63, 3.8) is 0 Å². The minimum absolute atomic E-state index is 0.0698. The third-order valence-corrected chi connectivity index (χ3v) is 3.45. The lowest BCUT2D eigenvalue weighted by atomic mass is 9.95. The standard InChI is InChI=1S/C15H17N3O2/c1-10-7-17-14(20-10)9-18-15(19)13-4-2-3-11-8-16-6-5-12(11)13/h2-4,7,16H,5-6,8-9H2,1H3,(H,18,19). The quantitative estimate of drug-likeness (QED) is 0.889. The number of aryl methyl sites for hydroxylation is 1. The Kier molecular flexibility index (Phi) is 3.52. The molecule has 3 rings (SSSR count). The summed E-state index contributed by atoms with van der Waals surface area (Å²) in [6.45, 7) is 3.89. The second-order valence-electron chi connectivity index (χ2n) is 4.92. The van der Waals surface area contributed by atoms with Gasteiger partial charge in [0.05, 0.1) is 12.7 Å². The van der Waals surface area contributed by atoms with E-state index < -0.39 is 0 Å². The van der Waals surface area contributed by atoms with Crippen LogP contribution < -0.4 is 10.6 Å². The Labute approximate surface area is 117 Å². The Hall–Kier alpha value is -2.14. The van der Waals surface area contributed by atoms with Crippen LogP contribution >= 0.6 is 0 Å². The number of hydrogen-bond acceptors (Lipinski definition) is 4. The van der Waals surface area contributed by atoms with Crippen molar-refractivity contribution in [1.82, 2.24) is 15.6 Å². The molecule has 0 fully saturated rings. The Bertz CT molecular complexity index is 634. The SMILES string of the molecule is Cc1cnc(CNC(=O)c2cccc3c2CCNC3)o1. The van der Waals surface area contributed by atoms with E-state index in [9.17, 15) is 4.79 Å². The van der Waals surface area contributed by atoms with Crippen LogP contribution in [-0.2, 0) is 19.5 Å². The molecule has 20 heavy (non-hydrogen) atoms. The van der Waals surface area contributed by atoms with Crippen molar-refractivity contribution in [3.8, 4) is 0 Å². The molecular formula is C15H17N3O2. The largest absolute Gasteiger partial charge is 0.444 e. The van der Waals surface area contributed by atoms with Crippen molar-refractivity contribution in [2.45, 2.75) is 26.4 Å². The van der Waals surface area contributed by atoms with E-state index in [4.69, 9.17) is 4.42 Å². The lowest BCUT2D eigenvalue weighted by Crippen LogP contribution is -2.29. The Morgan fingerprint density at radius 1 is 1.50 bits per heavy atom. The zero-order valence-electron chi connectivity index (χ0n) is 11.4. The van der Waals surface area contributed by atoms with Gasteiger partial charge in [0.25, 0.3) is 5.91 Å². The molecule has 1 aromatic heterocycles. The van der Waals surface area contributed by atoms with E-state index in [2.05, 4.69) is 21.7 Å². The molecule has 104 valence electrons. The van der Waals surface area contributed by atoms with Crippen molar-refractivity contribution < 1.29 is 9.21 Å². The topological polar surface area (TPSA) is 67.2 Å². The molecule has 0 spiro atoms. The summed E-state index contributed by atoms with van der Waals surface area (Å²) in [7, 11) is 0. The third kappa shape index (κ3) is 2.58. The molecule has 1 aliphatic rings. The molecule has 0 bridgehead atoms. The van der Waals surface area contributed by atoms with Crippen LogP contribution in [0.5, 0.6) is 0 Å². The molecule has 0 saturated carbocycles. The van der Waals surface area contributed by atoms with E-state index in [1.165, 1.54) is 5.56 Å². The monoisotopic (exact) mass is 271 g/mol. The number of hydrogen-bond donors (Lipinski definition) is 2. The maximum absolute atomic E-state index is 12.3. The second-order valence-corrected chi connectivity index (χ2v) is 4.92. The first kappa shape index (κ1) is 12.9. The van der Waals surface area contributed by atoms with Gasteiger partial charge >= 0.3 is 0 Å². The number of nitrogens with zero attached hydrogens (tertiary/aromatic N) is 1. The minimum atomic E-state index is -0.0698. The Morgan fingerprint density at radius 3 is 3.20 bits per heavy atom. The highest BCUT2D eigenvalue weighted by molar-refractivity contribution is 5.96. The maximum atomic E-state index is 12.3. The summed E-state index contributed by atoms with van der Waals surface area (Å²) in [5, 5.41) is 6.17. The molecular weight excluding hydrogens is 254 g/mol. The fraction of sp³-hybridized carbons (Fsp3) is 0.333. The smallest absolute Gasteiger partial charge is 0.252 e. The van der Waals surface area contributed by atoms with Gasteiger partial charge in [-0.2, -0.15) is 0 Å². The second kappa shape index (κ2) is 5.46. The summed E-state index contributed by atoms with van der Waals surface area (Å²) in [5.74, 6) is 1.21. The number of rotatable bonds is 3. The van der Waals surface area contributed by atoms with Crippen molar-refractivity contribution in [3.05, 3.63) is 52.7 Å². The summed E-state index contributed by atoms with van der Waals surface area (Å²) >= 11 is 0. The van der Waals surface area contributed by atoms with Crippen molar-refractivity contribution >= 4 is 5.91 Å². The summed E-state index contributed by atoms with van der Waals surface area (Å²) in [4.78, 5) is 16.4. The summed E-state index contributed by atoms with van der Waals surface area (Å²) in [6.07, 6.45) is 2.54. The van der Waals surface area contributed by atoms with Crippen LogP contribution in [0.1, 0.15) is 33.1 Å². The van der Waals surface area contributed by atoms with Gasteiger partial charge in [-0.25, -0.2) is 4.98 Å². The number of nitrogens with one attached hydrogen (secondary N) is 2. The predicted octanol–water partition coefficient (Wildman–Crippen LogP) is 1.56. The molecule has 1 aliphatic heterocycles. The van der Waals surface area contributed by atoms with Crippen molar-refractivity contribution in [1.29, 1.82) is 0 Å². The van der Waals surface area contributed by atoms with Gasteiger partial charge in [0.15, 0.2) is 0 Å². The molecule has 5 nitrogen and oxygen atoms in total. The lowest BCUT2D eigenvalue weighted by molar-refractivity contribution is 0.0946. The lowest BCUT2D eigenvalue weighted by Gasteiger charge is -2.19. The van der Waals surface area contributed by atoms with Crippen LogP contribution in [0, 0.1) is 6.92 Å². The Morgan fingerprint density at radius 2 is 2.40 bits per heavy atom. The van der Waals surface area contributed by atoms with Gasteiger partial charge < -0.3 is 15.1 Å². The minimum Gasteiger partial charge on any atom is -0.444 e. The van der Waals surface area contributed by atoms with Crippen LogP contribution in [-0.4, -0.2) is 17.4 Å².